The first-order valence-electron chi connectivity index (χ1n) is 9.29. The van der Waals surface area contributed by atoms with Gasteiger partial charge in [-0.1, -0.05) is 6.07 Å². The summed E-state index contributed by atoms with van der Waals surface area (Å²) in [6.07, 6.45) is 0.00370. The fraction of sp³-hybridized carbons (Fsp3) is 0.409. The molecule has 1 aliphatic rings. The zero-order valence-electron chi connectivity index (χ0n) is 16.9. The van der Waals surface area contributed by atoms with Crippen molar-refractivity contribution in [1.82, 2.24) is 5.32 Å². The van der Waals surface area contributed by atoms with Crippen molar-refractivity contribution in [3.63, 3.8) is 0 Å². The average molecular weight is 385 g/mol. The Morgan fingerprint density at radius 3 is 2.50 bits per heavy atom. The second-order valence-electron chi connectivity index (χ2n) is 7.47. The van der Waals surface area contributed by atoms with Crippen LogP contribution in [0.15, 0.2) is 42.5 Å². The van der Waals surface area contributed by atoms with Crippen LogP contribution in [0.5, 0.6) is 23.0 Å². The molecule has 1 N–H and O–H groups in total. The highest BCUT2D eigenvalue weighted by atomic mass is 16.5. The molecule has 6 heteroatoms. The van der Waals surface area contributed by atoms with E-state index in [0.717, 1.165) is 17.1 Å². The van der Waals surface area contributed by atoms with Gasteiger partial charge in [-0.3, -0.25) is 4.79 Å². The summed E-state index contributed by atoms with van der Waals surface area (Å²) in [6, 6.07) is 12.7. The SMILES string of the molecule is COc1cccc(OC(C)C(=O)NC2CC(C)(C)Oc3cc(OC)ccc32)c1. The standard InChI is InChI=1S/C22H27NO5/c1-14(27-17-8-6-7-15(11-17)25-4)21(24)23-19-13-22(2,3)28-20-12-16(26-5)9-10-18(19)20/h6-12,14,19H,13H2,1-5H3,(H,23,24). The van der Waals surface area contributed by atoms with Gasteiger partial charge in [0.15, 0.2) is 6.10 Å². The van der Waals surface area contributed by atoms with E-state index in [1.807, 2.05) is 44.2 Å². The molecule has 0 bridgehead atoms. The Morgan fingerprint density at radius 2 is 1.79 bits per heavy atom. The third-order valence-corrected chi connectivity index (χ3v) is 4.72. The fourth-order valence-corrected chi connectivity index (χ4v) is 3.31. The minimum Gasteiger partial charge on any atom is -0.497 e. The van der Waals surface area contributed by atoms with Crippen molar-refractivity contribution < 1.29 is 23.7 Å². The van der Waals surface area contributed by atoms with Gasteiger partial charge in [0.05, 0.1) is 20.3 Å². The topological polar surface area (TPSA) is 66.0 Å². The second-order valence-corrected chi connectivity index (χ2v) is 7.47. The van der Waals surface area contributed by atoms with Gasteiger partial charge in [0.2, 0.25) is 0 Å². The third kappa shape index (κ3) is 4.50. The molecule has 0 aliphatic carbocycles. The lowest BCUT2D eigenvalue weighted by Gasteiger charge is -2.38. The van der Waals surface area contributed by atoms with E-state index in [9.17, 15) is 4.79 Å². The maximum atomic E-state index is 12.8. The molecular weight excluding hydrogens is 358 g/mol. The number of carbonyl (C=O) groups excluding carboxylic acids is 1. The maximum absolute atomic E-state index is 12.8. The molecule has 2 unspecified atom stereocenters. The molecular formula is C22H27NO5. The van der Waals surface area contributed by atoms with Gasteiger partial charge in [0, 0.05) is 24.1 Å². The van der Waals surface area contributed by atoms with E-state index < -0.39 is 11.7 Å². The van der Waals surface area contributed by atoms with Crippen molar-refractivity contribution in [3.8, 4) is 23.0 Å². The molecule has 2 aromatic carbocycles. The molecule has 0 radical (unpaired) electrons. The van der Waals surface area contributed by atoms with Crippen molar-refractivity contribution in [1.29, 1.82) is 0 Å². The van der Waals surface area contributed by atoms with Gasteiger partial charge in [-0.15, -0.1) is 0 Å². The predicted molar refractivity (Wildman–Crippen MR) is 106 cm³/mol. The Bertz CT molecular complexity index is 849. The van der Waals surface area contributed by atoms with Crippen LogP contribution in [0.25, 0.3) is 0 Å². The van der Waals surface area contributed by atoms with Gasteiger partial charge in [-0.2, -0.15) is 0 Å². The highest BCUT2D eigenvalue weighted by Crippen LogP contribution is 2.41. The summed E-state index contributed by atoms with van der Waals surface area (Å²) < 4.78 is 22.4. The first-order valence-corrected chi connectivity index (χ1v) is 9.29. The van der Waals surface area contributed by atoms with E-state index in [-0.39, 0.29) is 11.9 Å². The summed E-state index contributed by atoms with van der Waals surface area (Å²) in [6.45, 7) is 5.74. The summed E-state index contributed by atoms with van der Waals surface area (Å²) >= 11 is 0. The molecule has 1 heterocycles. The molecule has 2 atom stereocenters. The molecule has 6 nitrogen and oxygen atoms in total. The van der Waals surface area contributed by atoms with Crippen LogP contribution in [0.4, 0.5) is 0 Å². The lowest BCUT2D eigenvalue weighted by atomic mass is 9.89. The molecule has 2 aromatic rings. The van der Waals surface area contributed by atoms with Crippen LogP contribution < -0.4 is 24.3 Å². The predicted octanol–water partition coefficient (Wildman–Crippen LogP) is 3.89. The summed E-state index contributed by atoms with van der Waals surface area (Å²) in [7, 11) is 3.21. The Balaban J connectivity index is 1.74. The van der Waals surface area contributed by atoms with E-state index in [2.05, 4.69) is 5.32 Å². The van der Waals surface area contributed by atoms with Gasteiger partial charge in [-0.05, 0) is 45.0 Å². The van der Waals surface area contributed by atoms with Gasteiger partial charge in [0.25, 0.3) is 5.91 Å². The smallest absolute Gasteiger partial charge is 0.261 e. The second kappa shape index (κ2) is 8.00. The van der Waals surface area contributed by atoms with Gasteiger partial charge >= 0.3 is 0 Å². The van der Waals surface area contributed by atoms with Crippen molar-refractivity contribution in [2.45, 2.75) is 44.9 Å². The zero-order chi connectivity index (χ0) is 20.3. The first kappa shape index (κ1) is 19.9. The van der Waals surface area contributed by atoms with Crippen LogP contribution in [-0.2, 0) is 4.79 Å². The molecule has 0 fully saturated rings. The van der Waals surface area contributed by atoms with Crippen LogP contribution in [0.1, 0.15) is 38.8 Å². The largest absolute Gasteiger partial charge is 0.497 e. The highest BCUT2D eigenvalue weighted by Gasteiger charge is 2.35. The number of hydrogen-bond acceptors (Lipinski definition) is 5. The van der Waals surface area contributed by atoms with E-state index >= 15 is 0 Å². The normalized spacial score (nSPS) is 18.2. The Labute approximate surface area is 165 Å². The van der Waals surface area contributed by atoms with Crippen LogP contribution in [0, 0.1) is 0 Å². The number of methoxy groups -OCH3 is 2. The molecule has 0 aromatic heterocycles. The summed E-state index contributed by atoms with van der Waals surface area (Å²) in [5, 5.41) is 3.10. The monoisotopic (exact) mass is 385 g/mol. The first-order chi connectivity index (χ1) is 13.3. The average Bonchev–Trinajstić information content (AvgIpc) is 2.66. The number of carbonyl (C=O) groups is 1. The third-order valence-electron chi connectivity index (χ3n) is 4.72. The van der Waals surface area contributed by atoms with Crippen molar-refractivity contribution in [2.24, 2.45) is 0 Å². The van der Waals surface area contributed by atoms with Crippen molar-refractivity contribution in [2.75, 3.05) is 14.2 Å². The number of amides is 1. The molecule has 3 rings (SSSR count). The van der Waals surface area contributed by atoms with Gasteiger partial charge < -0.3 is 24.3 Å². The molecule has 0 saturated heterocycles. The summed E-state index contributed by atoms with van der Waals surface area (Å²) in [5.41, 5.74) is 0.524. The minimum absolute atomic E-state index is 0.173. The van der Waals surface area contributed by atoms with E-state index in [1.165, 1.54) is 0 Å². The molecule has 1 aliphatic heterocycles. The number of hydrogen-bond donors (Lipinski definition) is 1. The molecule has 0 saturated carbocycles. The maximum Gasteiger partial charge on any atom is 0.261 e. The lowest BCUT2D eigenvalue weighted by molar-refractivity contribution is -0.128. The van der Waals surface area contributed by atoms with Crippen LogP contribution in [-0.4, -0.2) is 31.8 Å². The number of benzene rings is 2. The molecule has 150 valence electrons. The zero-order valence-corrected chi connectivity index (χ0v) is 16.9. The van der Waals surface area contributed by atoms with Crippen molar-refractivity contribution >= 4 is 5.91 Å². The summed E-state index contributed by atoms with van der Waals surface area (Å²) in [4.78, 5) is 12.8. The summed E-state index contributed by atoms with van der Waals surface area (Å²) in [5.74, 6) is 2.52. The van der Waals surface area contributed by atoms with Crippen LogP contribution in [0.2, 0.25) is 0 Å². The van der Waals surface area contributed by atoms with Crippen molar-refractivity contribution in [3.05, 3.63) is 48.0 Å². The molecule has 1 amide bonds. The number of nitrogens with one attached hydrogen (secondary N) is 1. The molecule has 0 spiro atoms. The highest BCUT2D eigenvalue weighted by molar-refractivity contribution is 5.81. The van der Waals surface area contributed by atoms with E-state index in [1.54, 1.807) is 33.3 Å². The minimum atomic E-state index is -0.653. The number of fused-ring (bicyclic) bond motifs is 1. The van der Waals surface area contributed by atoms with Gasteiger partial charge in [-0.25, -0.2) is 0 Å². The lowest BCUT2D eigenvalue weighted by Crippen LogP contribution is -2.44. The number of ether oxygens (including phenoxy) is 4. The van der Waals surface area contributed by atoms with Gasteiger partial charge in [0.1, 0.15) is 28.6 Å². The Kier molecular flexibility index (Phi) is 5.68. The Morgan fingerprint density at radius 1 is 1.11 bits per heavy atom. The fourth-order valence-electron chi connectivity index (χ4n) is 3.31. The van der Waals surface area contributed by atoms with E-state index in [0.29, 0.717) is 17.9 Å². The van der Waals surface area contributed by atoms with Crippen LogP contribution in [0.3, 0.4) is 0 Å². The van der Waals surface area contributed by atoms with Crippen LogP contribution >= 0.6 is 0 Å². The Hall–Kier alpha value is -2.89. The van der Waals surface area contributed by atoms with E-state index in [4.69, 9.17) is 18.9 Å². The quantitative estimate of drug-likeness (QED) is 0.817. The number of rotatable bonds is 6. The molecule has 28 heavy (non-hydrogen) atoms.